The molecule has 0 spiro atoms. The van der Waals surface area contributed by atoms with E-state index in [4.69, 9.17) is 16.3 Å². The monoisotopic (exact) mass is 375 g/mol. The molecular formula is C19H19ClFN3O2. The summed E-state index contributed by atoms with van der Waals surface area (Å²) in [6.07, 6.45) is 1.95. The molecule has 5 nitrogen and oxygen atoms in total. The fourth-order valence-electron chi connectivity index (χ4n) is 2.63. The second kappa shape index (κ2) is 7.74. The van der Waals surface area contributed by atoms with Crippen LogP contribution in [-0.2, 0) is 11.2 Å². The molecule has 1 aromatic carbocycles. The fourth-order valence-corrected chi connectivity index (χ4v) is 2.79. The first-order valence-corrected chi connectivity index (χ1v) is 8.53. The molecule has 0 aliphatic carbocycles. The summed E-state index contributed by atoms with van der Waals surface area (Å²) in [4.78, 5) is 18.5. The van der Waals surface area contributed by atoms with E-state index >= 15 is 0 Å². The maximum Gasteiger partial charge on any atom is 0.228 e. The number of rotatable bonds is 6. The molecule has 0 saturated carbocycles. The molecule has 7 heteroatoms. The van der Waals surface area contributed by atoms with Crippen molar-refractivity contribution in [2.24, 2.45) is 0 Å². The number of likely N-dealkylation sites (N-methyl/N-ethyl adjacent to an activating group) is 1. The number of hydrogen-bond acceptors (Lipinski definition) is 3. The molecule has 0 aliphatic heterocycles. The molecule has 0 bridgehead atoms. The number of alkyl halides is 1. The predicted octanol–water partition coefficient (Wildman–Crippen LogP) is 3.63. The number of benzene rings is 1. The van der Waals surface area contributed by atoms with Gasteiger partial charge in [-0.25, -0.2) is 9.37 Å². The number of fused-ring (bicyclic) bond motifs is 1. The molecule has 136 valence electrons. The number of nitrogens with zero attached hydrogens (tertiary/aromatic N) is 3. The van der Waals surface area contributed by atoms with E-state index < -0.39 is 6.67 Å². The Hall–Kier alpha value is -2.60. The van der Waals surface area contributed by atoms with Crippen LogP contribution in [0.15, 0.2) is 42.6 Å². The fraction of sp³-hybridized carbons (Fsp3) is 0.263. The summed E-state index contributed by atoms with van der Waals surface area (Å²) in [6, 6.07) is 10.8. The van der Waals surface area contributed by atoms with Crippen LogP contribution in [0, 0.1) is 0 Å². The Balaban J connectivity index is 2.05. The van der Waals surface area contributed by atoms with Gasteiger partial charge in [0.25, 0.3) is 0 Å². The number of hydrogen-bond donors (Lipinski definition) is 0. The van der Waals surface area contributed by atoms with Crippen molar-refractivity contribution < 1.29 is 13.9 Å². The van der Waals surface area contributed by atoms with Gasteiger partial charge in [-0.15, -0.1) is 0 Å². The largest absolute Gasteiger partial charge is 0.491 e. The highest BCUT2D eigenvalue weighted by Gasteiger charge is 2.18. The van der Waals surface area contributed by atoms with Crippen LogP contribution in [0.25, 0.3) is 16.9 Å². The van der Waals surface area contributed by atoms with E-state index in [-0.39, 0.29) is 18.9 Å². The van der Waals surface area contributed by atoms with Crippen LogP contribution >= 0.6 is 11.6 Å². The molecule has 0 aliphatic rings. The second-order valence-corrected chi connectivity index (χ2v) is 6.45. The lowest BCUT2D eigenvalue weighted by Crippen LogP contribution is -2.24. The smallest absolute Gasteiger partial charge is 0.228 e. The Kier molecular flexibility index (Phi) is 5.42. The number of carbonyl (C=O) groups excluding carboxylic acids is 1. The molecule has 2 heterocycles. The molecule has 0 saturated heterocycles. The van der Waals surface area contributed by atoms with E-state index in [1.165, 1.54) is 0 Å². The summed E-state index contributed by atoms with van der Waals surface area (Å²) in [5, 5.41) is 0.565. The minimum Gasteiger partial charge on any atom is -0.491 e. The quantitative estimate of drug-likeness (QED) is 0.661. The summed E-state index contributed by atoms with van der Waals surface area (Å²) in [5.41, 5.74) is 3.03. The first-order chi connectivity index (χ1) is 12.5. The zero-order chi connectivity index (χ0) is 18.7. The van der Waals surface area contributed by atoms with Crippen molar-refractivity contribution in [3.8, 4) is 17.0 Å². The number of aromatic nitrogens is 2. The first-order valence-electron chi connectivity index (χ1n) is 8.15. The van der Waals surface area contributed by atoms with Crippen molar-refractivity contribution >= 4 is 23.2 Å². The van der Waals surface area contributed by atoms with Crippen LogP contribution in [0.5, 0.6) is 5.75 Å². The van der Waals surface area contributed by atoms with Gasteiger partial charge in [0, 0.05) is 25.9 Å². The third-order valence-corrected chi connectivity index (χ3v) is 4.20. The average molecular weight is 376 g/mol. The van der Waals surface area contributed by atoms with Gasteiger partial charge in [-0.05, 0) is 36.4 Å². The number of halogens is 2. The maximum atomic E-state index is 12.3. The Morgan fingerprint density at radius 1 is 1.23 bits per heavy atom. The van der Waals surface area contributed by atoms with Crippen LogP contribution in [0.4, 0.5) is 4.39 Å². The molecule has 3 rings (SSSR count). The Labute approximate surface area is 156 Å². The molecule has 1 amide bonds. The van der Waals surface area contributed by atoms with Crippen LogP contribution in [0.3, 0.4) is 0 Å². The molecule has 26 heavy (non-hydrogen) atoms. The highest BCUT2D eigenvalue weighted by Crippen LogP contribution is 2.28. The van der Waals surface area contributed by atoms with Gasteiger partial charge in [-0.1, -0.05) is 11.6 Å². The number of pyridine rings is 1. The van der Waals surface area contributed by atoms with Crippen LogP contribution in [0.2, 0.25) is 5.02 Å². The number of ether oxygens (including phenoxy) is 1. The third kappa shape index (κ3) is 3.80. The van der Waals surface area contributed by atoms with Gasteiger partial charge >= 0.3 is 0 Å². The molecule has 0 unspecified atom stereocenters. The predicted molar refractivity (Wildman–Crippen MR) is 99.5 cm³/mol. The topological polar surface area (TPSA) is 46.8 Å². The van der Waals surface area contributed by atoms with E-state index in [0.29, 0.717) is 22.1 Å². The molecule has 0 atom stereocenters. The third-order valence-electron chi connectivity index (χ3n) is 3.97. The normalized spacial score (nSPS) is 10.9. The summed E-state index contributed by atoms with van der Waals surface area (Å²) in [7, 11) is 3.43. The highest BCUT2D eigenvalue weighted by atomic mass is 35.5. The molecule has 0 N–H and O–H groups in total. The zero-order valence-electron chi connectivity index (χ0n) is 14.6. The molecule has 0 radical (unpaired) electrons. The Morgan fingerprint density at radius 3 is 2.62 bits per heavy atom. The average Bonchev–Trinajstić information content (AvgIpc) is 2.98. The van der Waals surface area contributed by atoms with Crippen molar-refractivity contribution in [2.75, 3.05) is 27.4 Å². The van der Waals surface area contributed by atoms with Gasteiger partial charge in [-0.3, -0.25) is 4.79 Å². The second-order valence-electron chi connectivity index (χ2n) is 6.01. The summed E-state index contributed by atoms with van der Waals surface area (Å²) >= 11 is 6.12. The minimum atomic E-state index is -0.536. The van der Waals surface area contributed by atoms with Crippen molar-refractivity contribution in [1.29, 1.82) is 0 Å². The minimum absolute atomic E-state index is 0.0226. The SMILES string of the molecule is CN(C)C(=O)Cc1c(-c2ccc(OCCF)cc2)nc2ccc(Cl)cn12. The van der Waals surface area contributed by atoms with E-state index in [2.05, 4.69) is 4.98 Å². The molecule has 3 aromatic rings. The number of imidazole rings is 1. The van der Waals surface area contributed by atoms with E-state index in [0.717, 1.165) is 11.3 Å². The molecule has 0 fully saturated rings. The van der Waals surface area contributed by atoms with Gasteiger partial charge in [-0.2, -0.15) is 0 Å². The van der Waals surface area contributed by atoms with E-state index in [9.17, 15) is 9.18 Å². The number of carbonyl (C=O) groups is 1. The van der Waals surface area contributed by atoms with Crippen molar-refractivity contribution in [3.05, 3.63) is 53.3 Å². The molecular weight excluding hydrogens is 357 g/mol. The van der Waals surface area contributed by atoms with Crippen LogP contribution in [0.1, 0.15) is 5.69 Å². The van der Waals surface area contributed by atoms with Gasteiger partial charge < -0.3 is 14.0 Å². The van der Waals surface area contributed by atoms with Crippen LogP contribution in [-0.4, -0.2) is 47.6 Å². The van der Waals surface area contributed by atoms with E-state index in [1.807, 2.05) is 22.6 Å². The lowest BCUT2D eigenvalue weighted by Gasteiger charge is -2.11. The lowest BCUT2D eigenvalue weighted by atomic mass is 10.1. The molecule has 2 aromatic heterocycles. The lowest BCUT2D eigenvalue weighted by molar-refractivity contribution is -0.128. The van der Waals surface area contributed by atoms with Gasteiger partial charge in [0.1, 0.15) is 24.7 Å². The zero-order valence-corrected chi connectivity index (χ0v) is 15.3. The Bertz CT molecular complexity index is 922. The standard InChI is InChI=1S/C19H19ClFN3O2/c1-23(2)18(25)11-16-19(22-17-8-5-14(20)12-24(16)17)13-3-6-15(7-4-13)26-10-9-21/h3-8,12H,9-11H2,1-2H3. The summed E-state index contributed by atoms with van der Waals surface area (Å²) in [5.74, 6) is 0.556. The van der Waals surface area contributed by atoms with Gasteiger partial charge in [0.15, 0.2) is 0 Å². The summed E-state index contributed by atoms with van der Waals surface area (Å²) < 4.78 is 19.3. The van der Waals surface area contributed by atoms with Crippen molar-refractivity contribution in [2.45, 2.75) is 6.42 Å². The summed E-state index contributed by atoms with van der Waals surface area (Å²) in [6.45, 7) is -0.513. The maximum absolute atomic E-state index is 12.3. The van der Waals surface area contributed by atoms with E-state index in [1.54, 1.807) is 43.4 Å². The van der Waals surface area contributed by atoms with Crippen LogP contribution < -0.4 is 4.74 Å². The highest BCUT2D eigenvalue weighted by molar-refractivity contribution is 6.30. The Morgan fingerprint density at radius 2 is 1.96 bits per heavy atom. The van der Waals surface area contributed by atoms with Gasteiger partial charge in [0.05, 0.1) is 22.8 Å². The van der Waals surface area contributed by atoms with Crippen molar-refractivity contribution in [3.63, 3.8) is 0 Å². The number of amides is 1. The first kappa shape index (κ1) is 18.2. The van der Waals surface area contributed by atoms with Gasteiger partial charge in [0.2, 0.25) is 5.91 Å². The van der Waals surface area contributed by atoms with Crippen molar-refractivity contribution in [1.82, 2.24) is 14.3 Å².